The molecular weight excluding hydrogens is 536 g/mol. The molecule has 1 fully saturated rings. The zero-order valence-electron chi connectivity index (χ0n) is 22.2. The number of carbonyl (C=O) groups excluding carboxylic acids is 3. The molecule has 1 aliphatic rings. The minimum absolute atomic E-state index is 0.0474. The minimum Gasteiger partial charge on any atom is -0.310 e. The van der Waals surface area contributed by atoms with Crippen LogP contribution in [0, 0.1) is 16.5 Å². The number of rotatable bonds is 10. The maximum Gasteiger partial charge on any atom is 0.309 e. The van der Waals surface area contributed by atoms with E-state index in [4.69, 9.17) is 5.84 Å². The lowest BCUT2D eigenvalue weighted by atomic mass is 10.0. The molecule has 12 heteroatoms. The molecule has 3 aromatic rings. The van der Waals surface area contributed by atoms with Crippen LogP contribution in [0.2, 0.25) is 0 Å². The Balaban J connectivity index is 1.77. The molecule has 2 amide bonds. The van der Waals surface area contributed by atoms with Crippen LogP contribution in [0.5, 0.6) is 0 Å². The van der Waals surface area contributed by atoms with E-state index >= 15 is 0 Å². The number of carbonyl (C=O) groups is 3. The standard InChI is InChI=1S/C29H27F2N5O5/c1-2-19-7-3-4-8-20(19)17-34-16-18(13-21-23(30)9-5-10-24(21)31)14-22(28(34)39)26(37)15-25(33-41)29(40)36(32)35-12-6-11-27(35)38/h3-5,7-10,14-16H,2,6,11-13,17,32H2,1H3/b25-15-. The largest absolute Gasteiger partial charge is 0.310 e. The zero-order valence-corrected chi connectivity index (χ0v) is 22.2. The summed E-state index contributed by atoms with van der Waals surface area (Å²) in [6, 6.07) is 11.9. The van der Waals surface area contributed by atoms with Crippen molar-refractivity contribution in [2.24, 2.45) is 11.0 Å². The fourth-order valence-corrected chi connectivity index (χ4v) is 4.65. The van der Waals surface area contributed by atoms with E-state index in [1.807, 2.05) is 25.1 Å². The lowest BCUT2D eigenvalue weighted by Crippen LogP contribution is -2.52. The number of nitroso groups, excluding NO2 is 1. The summed E-state index contributed by atoms with van der Waals surface area (Å²) in [6.07, 6.45) is 2.96. The molecule has 0 radical (unpaired) electrons. The second-order valence-electron chi connectivity index (χ2n) is 9.45. The Hall–Kier alpha value is -4.84. The van der Waals surface area contributed by atoms with E-state index < -0.39 is 46.1 Å². The monoisotopic (exact) mass is 563 g/mol. The number of ketones is 1. The average Bonchev–Trinajstić information content (AvgIpc) is 3.40. The Kier molecular flexibility index (Phi) is 8.93. The lowest BCUT2D eigenvalue weighted by Gasteiger charge is -2.25. The molecule has 0 atom stereocenters. The SMILES string of the molecule is CCc1ccccc1Cn1cc(Cc2c(F)cccc2F)cc(C(=O)/C=C(\N=O)C(=O)N(N)N2CCCC2=O)c1=O. The van der Waals surface area contributed by atoms with Gasteiger partial charge in [0, 0.05) is 37.2 Å². The first kappa shape index (κ1) is 29.2. The van der Waals surface area contributed by atoms with Crippen LogP contribution in [-0.4, -0.2) is 38.8 Å². The molecule has 0 spiro atoms. The van der Waals surface area contributed by atoms with Crippen molar-refractivity contribution in [3.63, 3.8) is 0 Å². The van der Waals surface area contributed by atoms with Crippen LogP contribution < -0.4 is 11.4 Å². The van der Waals surface area contributed by atoms with Gasteiger partial charge in [0.25, 0.3) is 5.56 Å². The van der Waals surface area contributed by atoms with Crippen molar-refractivity contribution in [1.29, 1.82) is 0 Å². The first-order chi connectivity index (χ1) is 19.6. The number of halogens is 2. The van der Waals surface area contributed by atoms with Gasteiger partial charge in [0.2, 0.25) is 5.91 Å². The molecule has 2 heterocycles. The minimum atomic E-state index is -1.22. The lowest BCUT2D eigenvalue weighted by molar-refractivity contribution is -0.157. The van der Waals surface area contributed by atoms with Crippen molar-refractivity contribution in [2.75, 3.05) is 6.54 Å². The van der Waals surface area contributed by atoms with E-state index in [2.05, 4.69) is 5.18 Å². The van der Waals surface area contributed by atoms with Crippen molar-refractivity contribution in [3.05, 3.63) is 121 Å². The highest BCUT2D eigenvalue weighted by molar-refractivity contribution is 6.09. The molecule has 41 heavy (non-hydrogen) atoms. The van der Waals surface area contributed by atoms with Gasteiger partial charge < -0.3 is 4.57 Å². The number of amides is 2. The second kappa shape index (κ2) is 12.6. The van der Waals surface area contributed by atoms with E-state index in [0.717, 1.165) is 34.3 Å². The van der Waals surface area contributed by atoms with Crippen LogP contribution in [0.4, 0.5) is 8.78 Å². The molecule has 4 rings (SSSR count). The summed E-state index contributed by atoms with van der Waals surface area (Å²) in [4.78, 5) is 63.0. The summed E-state index contributed by atoms with van der Waals surface area (Å²) < 4.78 is 30.1. The molecule has 0 unspecified atom stereocenters. The highest BCUT2D eigenvalue weighted by atomic mass is 19.1. The van der Waals surface area contributed by atoms with Gasteiger partial charge in [-0.3, -0.25) is 19.2 Å². The van der Waals surface area contributed by atoms with Crippen molar-refractivity contribution < 1.29 is 23.2 Å². The Morgan fingerprint density at radius 3 is 2.37 bits per heavy atom. The molecule has 0 saturated carbocycles. The highest BCUT2D eigenvalue weighted by Gasteiger charge is 2.31. The highest BCUT2D eigenvalue weighted by Crippen LogP contribution is 2.19. The normalized spacial score (nSPS) is 13.4. The number of aryl methyl sites for hydroxylation is 1. The number of benzene rings is 2. The molecule has 0 bridgehead atoms. The van der Waals surface area contributed by atoms with Crippen LogP contribution in [0.25, 0.3) is 0 Å². The van der Waals surface area contributed by atoms with Crippen molar-refractivity contribution in [3.8, 4) is 0 Å². The van der Waals surface area contributed by atoms with Gasteiger partial charge in [0.15, 0.2) is 11.5 Å². The summed E-state index contributed by atoms with van der Waals surface area (Å²) in [6.45, 7) is 2.13. The van der Waals surface area contributed by atoms with Gasteiger partial charge in [-0.25, -0.2) is 19.6 Å². The third-order valence-corrected chi connectivity index (χ3v) is 6.79. The number of nitrogens with two attached hydrogens (primary N) is 1. The van der Waals surface area contributed by atoms with Crippen LogP contribution >= 0.6 is 0 Å². The Labute approximate surface area is 233 Å². The smallest absolute Gasteiger partial charge is 0.309 e. The molecule has 1 saturated heterocycles. The fraction of sp³-hybridized carbons (Fsp3) is 0.241. The number of nitrogens with zero attached hydrogens (tertiary/aromatic N) is 4. The zero-order chi connectivity index (χ0) is 29.7. The molecule has 10 nitrogen and oxygen atoms in total. The number of hydrazine groups is 2. The number of hydrogen-bond acceptors (Lipinski definition) is 7. The van der Waals surface area contributed by atoms with Gasteiger partial charge in [0.05, 0.1) is 12.1 Å². The first-order valence-electron chi connectivity index (χ1n) is 12.9. The van der Waals surface area contributed by atoms with E-state index in [1.165, 1.54) is 16.8 Å². The summed E-state index contributed by atoms with van der Waals surface area (Å²) >= 11 is 0. The molecule has 2 aromatic carbocycles. The predicted molar refractivity (Wildman–Crippen MR) is 145 cm³/mol. The third-order valence-electron chi connectivity index (χ3n) is 6.79. The van der Waals surface area contributed by atoms with Crippen molar-refractivity contribution in [2.45, 2.75) is 39.2 Å². The molecule has 212 valence electrons. The quantitative estimate of drug-likeness (QED) is 0.100. The van der Waals surface area contributed by atoms with Gasteiger partial charge in [-0.2, -0.15) is 5.12 Å². The predicted octanol–water partition coefficient (Wildman–Crippen LogP) is 3.40. The maximum atomic E-state index is 14.4. The number of aromatic nitrogens is 1. The van der Waals surface area contributed by atoms with Crippen LogP contribution in [-0.2, 0) is 29.0 Å². The van der Waals surface area contributed by atoms with Gasteiger partial charge >= 0.3 is 5.91 Å². The Bertz CT molecular complexity index is 1600. The first-order valence-corrected chi connectivity index (χ1v) is 12.9. The van der Waals surface area contributed by atoms with Crippen LogP contribution in [0.3, 0.4) is 0 Å². The number of hydrogen-bond donors (Lipinski definition) is 1. The average molecular weight is 564 g/mol. The van der Waals surface area contributed by atoms with Crippen LogP contribution in [0.1, 0.15) is 52.4 Å². The van der Waals surface area contributed by atoms with Gasteiger partial charge in [-0.1, -0.05) is 37.3 Å². The number of pyridine rings is 1. The fourth-order valence-electron chi connectivity index (χ4n) is 4.65. The molecular formula is C29H27F2N5O5. The van der Waals surface area contributed by atoms with Crippen molar-refractivity contribution in [1.82, 2.24) is 14.7 Å². The maximum absolute atomic E-state index is 14.4. The molecule has 2 N–H and O–H groups in total. The molecule has 0 aliphatic carbocycles. The summed E-state index contributed by atoms with van der Waals surface area (Å²) in [7, 11) is 0. The van der Waals surface area contributed by atoms with E-state index in [9.17, 15) is 32.9 Å². The van der Waals surface area contributed by atoms with E-state index in [-0.39, 0.29) is 37.1 Å². The van der Waals surface area contributed by atoms with Crippen molar-refractivity contribution >= 4 is 17.6 Å². The summed E-state index contributed by atoms with van der Waals surface area (Å²) in [5, 5.41) is 3.93. The van der Waals surface area contributed by atoms with Gasteiger partial charge in [-0.05, 0) is 52.9 Å². The molecule has 1 aromatic heterocycles. The van der Waals surface area contributed by atoms with E-state index in [1.54, 1.807) is 6.07 Å². The molecule has 1 aliphatic heterocycles. The van der Waals surface area contributed by atoms with Crippen LogP contribution in [0.15, 0.2) is 76.5 Å². The summed E-state index contributed by atoms with van der Waals surface area (Å²) in [5.41, 5.74) is -0.426. The third kappa shape index (κ3) is 6.33. The second-order valence-corrected chi connectivity index (χ2v) is 9.45. The Morgan fingerprint density at radius 1 is 1.07 bits per heavy atom. The Morgan fingerprint density at radius 2 is 1.76 bits per heavy atom. The van der Waals surface area contributed by atoms with Gasteiger partial charge in [0.1, 0.15) is 11.6 Å². The van der Waals surface area contributed by atoms with Gasteiger partial charge in [-0.15, -0.1) is 4.91 Å². The van der Waals surface area contributed by atoms with E-state index in [0.29, 0.717) is 24.0 Å². The number of allylic oxidation sites excluding steroid dienone is 1. The topological polar surface area (TPSA) is 135 Å². The summed E-state index contributed by atoms with van der Waals surface area (Å²) in [5.74, 6) is 1.40.